The molecule has 0 radical (unpaired) electrons. The van der Waals surface area contributed by atoms with Crippen LogP contribution in [0, 0.1) is 5.92 Å². The van der Waals surface area contributed by atoms with E-state index in [0.29, 0.717) is 0 Å². The molecule has 0 aromatic heterocycles. The lowest BCUT2D eigenvalue weighted by atomic mass is 10.2. The van der Waals surface area contributed by atoms with Gasteiger partial charge in [-0.2, -0.15) is 0 Å². The first-order chi connectivity index (χ1) is 9.99. The zero-order valence-electron chi connectivity index (χ0n) is 11.3. The molecule has 0 heterocycles. The Labute approximate surface area is 126 Å². The van der Waals surface area contributed by atoms with Gasteiger partial charge in [-0.1, -0.05) is 30.3 Å². The van der Waals surface area contributed by atoms with Crippen molar-refractivity contribution >= 4 is 28.9 Å². The molecule has 1 fully saturated rings. The molecule has 7 heteroatoms. The van der Waals surface area contributed by atoms with Crippen LogP contribution in [0.5, 0.6) is 0 Å². The quantitative estimate of drug-likeness (QED) is 0.660. The highest BCUT2D eigenvalue weighted by Crippen LogP contribution is 2.46. The summed E-state index contributed by atoms with van der Waals surface area (Å²) in [6.45, 7) is 0.0589. The summed E-state index contributed by atoms with van der Waals surface area (Å²) in [7, 11) is 1.18. The summed E-state index contributed by atoms with van der Waals surface area (Å²) >= 11 is 5.38. The van der Waals surface area contributed by atoms with Crippen molar-refractivity contribution in [2.45, 2.75) is 18.6 Å². The van der Waals surface area contributed by atoms with Crippen LogP contribution in [0.15, 0.2) is 30.3 Å². The number of carbonyl (C=O) groups is 3. The maximum Gasteiger partial charge on any atom is 0.408 e. The van der Waals surface area contributed by atoms with Crippen molar-refractivity contribution < 1.29 is 23.9 Å². The maximum absolute atomic E-state index is 11.8. The summed E-state index contributed by atoms with van der Waals surface area (Å²) in [6, 6.07) is 9.07. The number of ether oxygens (including phenoxy) is 2. The van der Waals surface area contributed by atoms with Gasteiger partial charge in [-0.15, -0.1) is 0 Å². The molecular formula is C14H14ClNO5. The average Bonchev–Trinajstić information content (AvgIpc) is 3.21. The summed E-state index contributed by atoms with van der Waals surface area (Å²) in [5.41, 5.74) is -0.595. The molecule has 2 rings (SSSR count). The summed E-state index contributed by atoms with van der Waals surface area (Å²) < 4.78 is 9.62. The van der Waals surface area contributed by atoms with Gasteiger partial charge in [0.1, 0.15) is 6.61 Å². The molecule has 0 spiro atoms. The molecule has 1 aromatic carbocycles. The van der Waals surface area contributed by atoms with Gasteiger partial charge in [-0.3, -0.25) is 4.79 Å². The Balaban J connectivity index is 1.94. The third-order valence-corrected chi connectivity index (χ3v) is 3.59. The minimum Gasteiger partial charge on any atom is -0.467 e. The standard InChI is InChI=1S/C14H14ClNO5/c1-20-12(18)14(7-10(14)11(15)17)16-13(19)21-8-9-5-3-2-4-6-9/h2-6,10H,7-8H2,1H3,(H,16,19)/t10-,14-/m0/s1. The Morgan fingerprint density at radius 1 is 1.33 bits per heavy atom. The van der Waals surface area contributed by atoms with Gasteiger partial charge in [0.15, 0.2) is 5.54 Å². The normalized spacial score (nSPS) is 23.0. The number of carbonyl (C=O) groups excluding carboxylic acids is 3. The SMILES string of the molecule is COC(=O)[C@]1(NC(=O)OCc2ccccc2)C[C@H]1C(=O)Cl. The summed E-state index contributed by atoms with van der Waals surface area (Å²) in [6.07, 6.45) is -0.688. The van der Waals surface area contributed by atoms with E-state index in [-0.39, 0.29) is 13.0 Å². The van der Waals surface area contributed by atoms with Crippen LogP contribution in [0.25, 0.3) is 0 Å². The predicted molar refractivity (Wildman–Crippen MR) is 73.5 cm³/mol. The van der Waals surface area contributed by atoms with E-state index < -0.39 is 28.8 Å². The van der Waals surface area contributed by atoms with E-state index in [1.807, 2.05) is 18.2 Å². The van der Waals surface area contributed by atoms with Crippen LogP contribution in [-0.4, -0.2) is 30.0 Å². The maximum atomic E-state index is 11.8. The van der Waals surface area contributed by atoms with E-state index in [0.717, 1.165) is 5.56 Å². The van der Waals surface area contributed by atoms with Crippen molar-refractivity contribution in [3.63, 3.8) is 0 Å². The van der Waals surface area contributed by atoms with Crippen LogP contribution in [-0.2, 0) is 25.7 Å². The predicted octanol–water partition coefficient (Wildman–Crippen LogP) is 1.61. The molecule has 1 amide bonds. The lowest BCUT2D eigenvalue weighted by molar-refractivity contribution is -0.145. The van der Waals surface area contributed by atoms with E-state index in [4.69, 9.17) is 16.3 Å². The largest absolute Gasteiger partial charge is 0.467 e. The number of rotatable bonds is 5. The molecular weight excluding hydrogens is 298 g/mol. The fraction of sp³-hybridized carbons (Fsp3) is 0.357. The van der Waals surface area contributed by atoms with E-state index >= 15 is 0 Å². The average molecular weight is 312 g/mol. The molecule has 0 aliphatic heterocycles. The number of benzene rings is 1. The number of alkyl carbamates (subject to hydrolysis) is 1. The lowest BCUT2D eigenvalue weighted by Gasteiger charge is -2.16. The zero-order chi connectivity index (χ0) is 15.5. The summed E-state index contributed by atoms with van der Waals surface area (Å²) in [5.74, 6) is -1.49. The minimum atomic E-state index is -1.40. The molecule has 0 unspecified atom stereocenters. The smallest absolute Gasteiger partial charge is 0.408 e. The van der Waals surface area contributed by atoms with Crippen LogP contribution in [0.1, 0.15) is 12.0 Å². The van der Waals surface area contributed by atoms with Gasteiger partial charge >= 0.3 is 12.1 Å². The topological polar surface area (TPSA) is 81.7 Å². The molecule has 21 heavy (non-hydrogen) atoms. The monoisotopic (exact) mass is 311 g/mol. The van der Waals surface area contributed by atoms with Gasteiger partial charge in [-0.25, -0.2) is 9.59 Å². The number of nitrogens with one attached hydrogen (secondary N) is 1. The molecule has 0 bridgehead atoms. The molecule has 2 atom stereocenters. The Morgan fingerprint density at radius 2 is 2.00 bits per heavy atom. The first-order valence-electron chi connectivity index (χ1n) is 6.26. The first-order valence-corrected chi connectivity index (χ1v) is 6.64. The van der Waals surface area contributed by atoms with E-state index in [1.165, 1.54) is 7.11 Å². The highest BCUT2D eigenvalue weighted by atomic mass is 35.5. The molecule has 112 valence electrons. The second kappa shape index (κ2) is 6.13. The van der Waals surface area contributed by atoms with Crippen molar-refractivity contribution in [1.29, 1.82) is 0 Å². The van der Waals surface area contributed by atoms with Crippen LogP contribution in [0.4, 0.5) is 4.79 Å². The fourth-order valence-corrected chi connectivity index (χ4v) is 2.34. The third kappa shape index (κ3) is 3.33. The van der Waals surface area contributed by atoms with Crippen LogP contribution < -0.4 is 5.32 Å². The Kier molecular flexibility index (Phi) is 4.47. The van der Waals surface area contributed by atoms with Gasteiger partial charge in [0.25, 0.3) is 0 Å². The van der Waals surface area contributed by atoms with Gasteiger partial charge in [-0.05, 0) is 23.6 Å². The highest BCUT2D eigenvalue weighted by Gasteiger charge is 2.65. The third-order valence-electron chi connectivity index (χ3n) is 3.32. The summed E-state index contributed by atoms with van der Waals surface area (Å²) in [4.78, 5) is 34.7. The lowest BCUT2D eigenvalue weighted by Crippen LogP contribution is -2.46. The first kappa shape index (κ1) is 15.3. The van der Waals surface area contributed by atoms with Crippen LogP contribution in [0.2, 0.25) is 0 Å². The van der Waals surface area contributed by atoms with Crippen molar-refractivity contribution in [2.75, 3.05) is 7.11 Å². The number of halogens is 1. The second-order valence-electron chi connectivity index (χ2n) is 4.71. The molecule has 0 saturated heterocycles. The Morgan fingerprint density at radius 3 is 2.52 bits per heavy atom. The van der Waals surface area contributed by atoms with Crippen molar-refractivity contribution in [3.05, 3.63) is 35.9 Å². The molecule has 1 aliphatic rings. The van der Waals surface area contributed by atoms with Crippen molar-refractivity contribution in [1.82, 2.24) is 5.32 Å². The number of hydrogen-bond acceptors (Lipinski definition) is 5. The molecule has 1 saturated carbocycles. The summed E-state index contributed by atoms with van der Waals surface area (Å²) in [5, 5.41) is 1.69. The number of methoxy groups -OCH3 is 1. The van der Waals surface area contributed by atoms with E-state index in [2.05, 4.69) is 10.1 Å². The van der Waals surface area contributed by atoms with Crippen molar-refractivity contribution in [2.24, 2.45) is 5.92 Å². The van der Waals surface area contributed by atoms with Crippen LogP contribution >= 0.6 is 11.6 Å². The number of hydrogen-bond donors (Lipinski definition) is 1. The van der Waals surface area contributed by atoms with Gasteiger partial charge < -0.3 is 14.8 Å². The minimum absolute atomic E-state index is 0.0589. The fourth-order valence-electron chi connectivity index (χ4n) is 2.08. The zero-order valence-corrected chi connectivity index (χ0v) is 12.1. The molecule has 1 aromatic rings. The number of esters is 1. The van der Waals surface area contributed by atoms with E-state index in [1.54, 1.807) is 12.1 Å². The molecule has 6 nitrogen and oxygen atoms in total. The highest BCUT2D eigenvalue weighted by molar-refractivity contribution is 6.64. The van der Waals surface area contributed by atoms with Gasteiger partial charge in [0.05, 0.1) is 13.0 Å². The van der Waals surface area contributed by atoms with E-state index in [9.17, 15) is 14.4 Å². The Bertz CT molecular complexity index is 562. The van der Waals surface area contributed by atoms with Gasteiger partial charge in [0.2, 0.25) is 5.24 Å². The van der Waals surface area contributed by atoms with Crippen molar-refractivity contribution in [3.8, 4) is 0 Å². The second-order valence-corrected chi connectivity index (χ2v) is 5.08. The Hall–Kier alpha value is -2.08. The molecule has 1 aliphatic carbocycles. The van der Waals surface area contributed by atoms with Gasteiger partial charge in [0, 0.05) is 0 Å². The van der Waals surface area contributed by atoms with Crippen LogP contribution in [0.3, 0.4) is 0 Å². The number of amides is 1. The molecule has 1 N–H and O–H groups in total.